The Bertz CT molecular complexity index is 1570. The van der Waals surface area contributed by atoms with Gasteiger partial charge in [0, 0.05) is 44.1 Å². The van der Waals surface area contributed by atoms with Crippen molar-refractivity contribution in [3.63, 3.8) is 0 Å². The number of pyridine rings is 1. The van der Waals surface area contributed by atoms with Gasteiger partial charge >= 0.3 is 13.9 Å². The first kappa shape index (κ1) is 39.2. The molecule has 0 bridgehead atoms. The second-order valence-corrected chi connectivity index (χ2v) is 13.5. The van der Waals surface area contributed by atoms with Crippen molar-refractivity contribution in [3.05, 3.63) is 92.0 Å². The van der Waals surface area contributed by atoms with Gasteiger partial charge < -0.3 is 35.0 Å². The van der Waals surface area contributed by atoms with E-state index < -0.39 is 32.2 Å². The molecule has 0 amide bonds. The van der Waals surface area contributed by atoms with E-state index in [9.17, 15) is 19.3 Å². The van der Waals surface area contributed by atoms with E-state index in [1.54, 1.807) is 0 Å². The smallest absolute Gasteiger partial charge is 0.331 e. The van der Waals surface area contributed by atoms with Gasteiger partial charge in [0.05, 0.1) is 24.5 Å². The Kier molecular flexibility index (Phi) is 16.6. The average molecular weight is 704 g/mol. The number of aliphatic hydroxyl groups is 1. The third-order valence-electron chi connectivity index (χ3n) is 7.47. The van der Waals surface area contributed by atoms with Crippen molar-refractivity contribution in [2.45, 2.75) is 70.8 Å². The summed E-state index contributed by atoms with van der Waals surface area (Å²) in [4.78, 5) is 43.0. The molecular formula is C33H50N7O6PS. The lowest BCUT2D eigenvalue weighted by atomic mass is 10.0. The van der Waals surface area contributed by atoms with Crippen molar-refractivity contribution < 1.29 is 19.1 Å². The number of anilines is 1. The molecular weight excluding hydrogens is 653 g/mol. The number of thiocarbonyl (C=S) groups is 1. The summed E-state index contributed by atoms with van der Waals surface area (Å²) in [6.45, 7) is 1.89. The van der Waals surface area contributed by atoms with Crippen molar-refractivity contribution >= 4 is 31.3 Å². The molecule has 0 saturated heterocycles. The second-order valence-electron chi connectivity index (χ2n) is 12.4. The Morgan fingerprint density at radius 3 is 2.19 bits per heavy atom. The van der Waals surface area contributed by atoms with Crippen LogP contribution in [0.4, 0.5) is 5.69 Å². The SMILES string of the molecule is CN(C)Cc1cc(CCc2ccc(NC(=S)NCCCCCCn3c(=O)ccn(CC(CO)O[PH](=O)O)c3=O)cc2)cc(CN(C)C)n1. The number of nitrogens with zero attached hydrogens (tertiary/aromatic N) is 5. The van der Waals surface area contributed by atoms with Crippen molar-refractivity contribution in [3.8, 4) is 0 Å². The zero-order chi connectivity index (χ0) is 35.1. The molecule has 0 spiro atoms. The van der Waals surface area contributed by atoms with E-state index in [-0.39, 0.29) is 13.1 Å². The number of hydrogen-bond donors (Lipinski definition) is 4. The lowest BCUT2D eigenvalue weighted by Crippen LogP contribution is -2.41. The largest absolute Gasteiger partial charge is 0.394 e. The Morgan fingerprint density at radius 1 is 0.958 bits per heavy atom. The van der Waals surface area contributed by atoms with Crippen LogP contribution in [0.15, 0.2) is 58.3 Å². The summed E-state index contributed by atoms with van der Waals surface area (Å²) < 4.78 is 18.0. The van der Waals surface area contributed by atoms with Crippen LogP contribution in [0.25, 0.3) is 0 Å². The first-order valence-electron chi connectivity index (χ1n) is 16.2. The fraction of sp³-hybridized carbons (Fsp3) is 0.515. The molecule has 3 aromatic rings. The highest BCUT2D eigenvalue weighted by molar-refractivity contribution is 7.80. The zero-order valence-electron chi connectivity index (χ0n) is 28.4. The van der Waals surface area contributed by atoms with E-state index in [1.165, 1.54) is 28.0 Å². The fourth-order valence-electron chi connectivity index (χ4n) is 5.24. The molecule has 264 valence electrons. The second kappa shape index (κ2) is 20.3. The van der Waals surface area contributed by atoms with Crippen LogP contribution < -0.4 is 21.9 Å². The molecule has 15 heteroatoms. The third kappa shape index (κ3) is 14.1. The molecule has 0 aliphatic heterocycles. The number of aromatic nitrogens is 3. The molecule has 2 heterocycles. The standard InChI is InChI=1S/C33H50N7O6PS/c1-37(2)21-28-19-26(20-29(35-28)22-38(3)4)10-9-25-11-13-27(14-12-25)36-32(48)34-16-7-5-6-8-17-40-31(42)15-18-39(33(40)43)23-30(24-41)46-47(44)45/h11-15,18-20,30,41,47H,5-10,16-17,21-24H2,1-4H3,(H,44,45)(H2,34,36,48). The highest BCUT2D eigenvalue weighted by atomic mass is 32.1. The van der Waals surface area contributed by atoms with Gasteiger partial charge in [-0.05, 0) is 101 Å². The van der Waals surface area contributed by atoms with Gasteiger partial charge in [-0.25, -0.2) is 4.79 Å². The molecule has 48 heavy (non-hydrogen) atoms. The number of aryl methyl sites for hydroxylation is 2. The molecule has 1 aromatic carbocycles. The van der Waals surface area contributed by atoms with Crippen molar-refractivity contribution in [1.29, 1.82) is 0 Å². The third-order valence-corrected chi connectivity index (χ3v) is 8.25. The van der Waals surface area contributed by atoms with Gasteiger partial charge in [0.25, 0.3) is 5.56 Å². The van der Waals surface area contributed by atoms with Crippen LogP contribution in [0.5, 0.6) is 0 Å². The lowest BCUT2D eigenvalue weighted by molar-refractivity contribution is 0.0955. The molecule has 0 fully saturated rings. The first-order valence-corrected chi connectivity index (χ1v) is 17.8. The fourth-order valence-corrected chi connectivity index (χ4v) is 5.89. The van der Waals surface area contributed by atoms with E-state index in [1.807, 2.05) is 12.1 Å². The van der Waals surface area contributed by atoms with Crippen molar-refractivity contribution in [1.82, 2.24) is 29.2 Å². The number of unbranched alkanes of at least 4 members (excludes halogenated alkanes) is 3. The maximum Gasteiger partial charge on any atom is 0.331 e. The van der Waals surface area contributed by atoms with Crippen LogP contribution in [0.1, 0.15) is 48.2 Å². The zero-order valence-corrected chi connectivity index (χ0v) is 30.2. The summed E-state index contributed by atoms with van der Waals surface area (Å²) in [6, 6.07) is 14.0. The topological polar surface area (TPSA) is 154 Å². The molecule has 2 unspecified atom stereocenters. The van der Waals surface area contributed by atoms with Crippen LogP contribution in [-0.2, 0) is 48.1 Å². The molecule has 0 aliphatic carbocycles. The van der Waals surface area contributed by atoms with E-state index >= 15 is 0 Å². The van der Waals surface area contributed by atoms with Gasteiger partial charge in [-0.3, -0.25) is 23.5 Å². The van der Waals surface area contributed by atoms with Crippen LogP contribution in [0.2, 0.25) is 0 Å². The molecule has 0 saturated carbocycles. The minimum atomic E-state index is -3.27. The van der Waals surface area contributed by atoms with Crippen LogP contribution >= 0.6 is 20.5 Å². The van der Waals surface area contributed by atoms with Crippen LogP contribution in [0.3, 0.4) is 0 Å². The van der Waals surface area contributed by atoms with Crippen molar-refractivity contribution in [2.75, 3.05) is 46.7 Å². The van der Waals surface area contributed by atoms with Gasteiger partial charge in [0.2, 0.25) is 0 Å². The predicted octanol–water partition coefficient (Wildman–Crippen LogP) is 2.62. The Balaban J connectivity index is 1.37. The minimum Gasteiger partial charge on any atom is -0.394 e. The monoisotopic (exact) mass is 703 g/mol. The summed E-state index contributed by atoms with van der Waals surface area (Å²) >= 11 is 5.47. The van der Waals surface area contributed by atoms with Gasteiger partial charge in [-0.2, -0.15) is 0 Å². The first-order chi connectivity index (χ1) is 22.9. The molecule has 3 rings (SSSR count). The summed E-state index contributed by atoms with van der Waals surface area (Å²) in [5.74, 6) is 0. The van der Waals surface area contributed by atoms with Gasteiger partial charge in [0.15, 0.2) is 5.11 Å². The van der Waals surface area contributed by atoms with Gasteiger partial charge in [0.1, 0.15) is 6.10 Å². The highest BCUT2D eigenvalue weighted by Gasteiger charge is 2.14. The minimum absolute atomic E-state index is 0.140. The Labute approximate surface area is 288 Å². The van der Waals surface area contributed by atoms with Crippen LogP contribution in [0, 0.1) is 0 Å². The van der Waals surface area contributed by atoms with E-state index in [0.717, 1.165) is 66.8 Å². The summed E-state index contributed by atoms with van der Waals surface area (Å²) in [5.41, 5.74) is 4.67. The maximum atomic E-state index is 12.7. The van der Waals surface area contributed by atoms with E-state index in [4.69, 9.17) is 26.6 Å². The Morgan fingerprint density at radius 2 is 1.58 bits per heavy atom. The number of aliphatic hydroxyl groups excluding tert-OH is 1. The molecule has 13 nitrogen and oxygen atoms in total. The van der Waals surface area contributed by atoms with Crippen LogP contribution in [-0.4, -0.2) is 86.5 Å². The maximum absolute atomic E-state index is 12.7. The van der Waals surface area contributed by atoms with E-state index in [0.29, 0.717) is 18.1 Å². The summed E-state index contributed by atoms with van der Waals surface area (Å²) in [5, 5.41) is 16.4. The molecule has 0 aliphatic rings. The van der Waals surface area contributed by atoms with E-state index in [2.05, 4.69) is 72.9 Å². The summed E-state index contributed by atoms with van der Waals surface area (Å²) in [7, 11) is 4.96. The summed E-state index contributed by atoms with van der Waals surface area (Å²) in [6.07, 6.45) is 5.34. The van der Waals surface area contributed by atoms with Gasteiger partial charge in [-0.15, -0.1) is 0 Å². The number of benzene rings is 1. The predicted molar refractivity (Wildman–Crippen MR) is 194 cm³/mol. The number of nitrogens with one attached hydrogen (secondary N) is 2. The molecule has 2 atom stereocenters. The lowest BCUT2D eigenvalue weighted by Gasteiger charge is -2.16. The molecule has 4 N–H and O–H groups in total. The van der Waals surface area contributed by atoms with Crippen molar-refractivity contribution in [2.24, 2.45) is 0 Å². The van der Waals surface area contributed by atoms with Gasteiger partial charge in [-0.1, -0.05) is 25.0 Å². The Hall–Kier alpha value is -3.23. The normalized spacial score (nSPS) is 12.8. The number of hydrogen-bond acceptors (Lipinski definition) is 9. The quantitative estimate of drug-likeness (QED) is 0.0778. The number of rotatable bonds is 20. The highest BCUT2D eigenvalue weighted by Crippen LogP contribution is 2.18. The average Bonchev–Trinajstić information content (AvgIpc) is 3.01. The molecule has 0 radical (unpaired) electrons. The molecule has 2 aromatic heterocycles.